The first-order valence-electron chi connectivity index (χ1n) is 15.5. The normalized spacial score (nSPS) is 11.7. The molecule has 2 heterocycles. The Morgan fingerprint density at radius 3 is 1.11 bits per heavy atom. The molecular formula is C42H28N2S2. The van der Waals surface area contributed by atoms with E-state index in [9.17, 15) is 0 Å². The Kier molecular flexibility index (Phi) is 6.34. The Morgan fingerprint density at radius 2 is 0.739 bits per heavy atom. The lowest BCUT2D eigenvalue weighted by Gasteiger charge is -2.18. The van der Waals surface area contributed by atoms with Gasteiger partial charge >= 0.3 is 0 Å². The van der Waals surface area contributed by atoms with E-state index in [1.54, 1.807) is 22.7 Å². The van der Waals surface area contributed by atoms with Crippen LogP contribution in [0.3, 0.4) is 0 Å². The van der Waals surface area contributed by atoms with E-state index in [1.807, 2.05) is 0 Å². The van der Waals surface area contributed by atoms with Crippen molar-refractivity contribution in [3.63, 3.8) is 0 Å². The highest BCUT2D eigenvalue weighted by atomic mass is 32.1. The molecule has 7 aromatic carbocycles. The van der Waals surface area contributed by atoms with Gasteiger partial charge in [0.05, 0.1) is 20.4 Å². The Bertz CT molecular complexity index is 2350. The highest BCUT2D eigenvalue weighted by Crippen LogP contribution is 2.44. The van der Waals surface area contributed by atoms with Crippen LogP contribution in [0.25, 0.3) is 85.4 Å². The number of hydrogen-bond donors (Lipinski definition) is 0. The minimum atomic E-state index is 1.06. The number of nitrogens with zero attached hydrogens (tertiary/aromatic N) is 2. The molecule has 0 fully saturated rings. The number of aromatic nitrogens is 2. The Morgan fingerprint density at radius 1 is 0.391 bits per heavy atom. The van der Waals surface area contributed by atoms with Gasteiger partial charge in [0, 0.05) is 11.1 Å². The van der Waals surface area contributed by atoms with Crippen LogP contribution in [0.4, 0.5) is 0 Å². The van der Waals surface area contributed by atoms with E-state index in [2.05, 4.69) is 147 Å². The zero-order valence-electron chi connectivity index (χ0n) is 25.4. The van der Waals surface area contributed by atoms with Crippen LogP contribution in [0.2, 0.25) is 0 Å². The van der Waals surface area contributed by atoms with Crippen molar-refractivity contribution in [2.45, 2.75) is 13.8 Å². The van der Waals surface area contributed by atoms with Gasteiger partial charge in [-0.1, -0.05) is 109 Å². The van der Waals surface area contributed by atoms with Gasteiger partial charge in [0.1, 0.15) is 10.0 Å². The average Bonchev–Trinajstić information content (AvgIpc) is 3.71. The molecular weight excluding hydrogens is 597 g/mol. The van der Waals surface area contributed by atoms with Crippen molar-refractivity contribution in [1.29, 1.82) is 0 Å². The van der Waals surface area contributed by atoms with Gasteiger partial charge in [-0.2, -0.15) is 0 Å². The van der Waals surface area contributed by atoms with E-state index in [1.165, 1.54) is 64.3 Å². The number of benzene rings is 7. The second kappa shape index (κ2) is 10.7. The lowest BCUT2D eigenvalue weighted by Crippen LogP contribution is -1.91. The molecule has 9 aromatic rings. The van der Waals surface area contributed by atoms with Crippen molar-refractivity contribution in [3.05, 3.63) is 145 Å². The molecule has 0 amide bonds. The fraction of sp³-hybridized carbons (Fsp3) is 0.0476. The lowest BCUT2D eigenvalue weighted by molar-refractivity contribution is 1.45. The summed E-state index contributed by atoms with van der Waals surface area (Å²) in [5, 5.41) is 7.13. The zero-order valence-corrected chi connectivity index (χ0v) is 27.0. The van der Waals surface area contributed by atoms with E-state index in [0.717, 1.165) is 32.2 Å². The van der Waals surface area contributed by atoms with Crippen LogP contribution in [0, 0.1) is 13.8 Å². The summed E-state index contributed by atoms with van der Waals surface area (Å²) in [7, 11) is 0. The Balaban J connectivity index is 1.16. The van der Waals surface area contributed by atoms with E-state index in [-0.39, 0.29) is 0 Å². The van der Waals surface area contributed by atoms with Gasteiger partial charge < -0.3 is 0 Å². The summed E-state index contributed by atoms with van der Waals surface area (Å²) in [5.74, 6) is 0. The van der Waals surface area contributed by atoms with Crippen LogP contribution < -0.4 is 0 Å². The Labute approximate surface area is 275 Å². The molecule has 2 aromatic heterocycles. The number of rotatable bonds is 4. The fourth-order valence-electron chi connectivity index (χ4n) is 6.62. The van der Waals surface area contributed by atoms with E-state index in [4.69, 9.17) is 9.97 Å². The van der Waals surface area contributed by atoms with Gasteiger partial charge in [-0.3, -0.25) is 0 Å². The van der Waals surface area contributed by atoms with Crippen molar-refractivity contribution in [1.82, 2.24) is 9.97 Å². The SMILES string of the molecule is Cc1ccc2nc(-c3ccc(-c4c5ccccc5c(-c5ccc(-c6nc7ccc(C)cc7s6)cc5)c5ccccc45)cc3)sc2c1. The first-order valence-corrected chi connectivity index (χ1v) is 17.1. The third kappa shape index (κ3) is 4.53. The molecule has 9 rings (SSSR count). The van der Waals surface area contributed by atoms with E-state index >= 15 is 0 Å². The smallest absolute Gasteiger partial charge is 0.124 e. The number of fused-ring (bicyclic) bond motifs is 4. The molecule has 0 spiro atoms. The highest BCUT2D eigenvalue weighted by Gasteiger charge is 2.17. The van der Waals surface area contributed by atoms with Crippen LogP contribution in [0.5, 0.6) is 0 Å². The molecule has 0 saturated heterocycles. The van der Waals surface area contributed by atoms with Gasteiger partial charge in [-0.05, 0) is 93.0 Å². The molecule has 0 aliphatic carbocycles. The predicted octanol–water partition coefficient (Wildman–Crippen LogP) is 12.5. The molecule has 0 unspecified atom stereocenters. The summed E-state index contributed by atoms with van der Waals surface area (Å²) in [6.45, 7) is 4.26. The fourth-order valence-corrected chi connectivity index (χ4v) is 8.76. The van der Waals surface area contributed by atoms with Gasteiger partial charge in [0.15, 0.2) is 0 Å². The van der Waals surface area contributed by atoms with Crippen molar-refractivity contribution in [2.24, 2.45) is 0 Å². The molecule has 0 atom stereocenters. The van der Waals surface area contributed by atoms with Crippen molar-refractivity contribution in [3.8, 4) is 43.4 Å². The quantitative estimate of drug-likeness (QED) is 0.182. The highest BCUT2D eigenvalue weighted by molar-refractivity contribution is 7.22. The van der Waals surface area contributed by atoms with Crippen LogP contribution in [-0.4, -0.2) is 9.97 Å². The molecule has 0 aliphatic heterocycles. The van der Waals surface area contributed by atoms with E-state index in [0.29, 0.717) is 0 Å². The van der Waals surface area contributed by atoms with Crippen molar-refractivity contribution < 1.29 is 0 Å². The van der Waals surface area contributed by atoms with Crippen LogP contribution in [0.15, 0.2) is 133 Å². The molecule has 46 heavy (non-hydrogen) atoms. The largest absolute Gasteiger partial charge is 0.236 e. The number of aryl methyl sites for hydroxylation is 2. The summed E-state index contributed by atoms with van der Waals surface area (Å²) in [5.41, 5.74) is 11.9. The van der Waals surface area contributed by atoms with Gasteiger partial charge in [0.2, 0.25) is 0 Å². The topological polar surface area (TPSA) is 25.8 Å². The first-order chi connectivity index (χ1) is 22.6. The van der Waals surface area contributed by atoms with Crippen LogP contribution in [0.1, 0.15) is 11.1 Å². The summed E-state index contributed by atoms with van der Waals surface area (Å²) in [4.78, 5) is 9.85. The van der Waals surface area contributed by atoms with Gasteiger partial charge in [0.25, 0.3) is 0 Å². The summed E-state index contributed by atoms with van der Waals surface area (Å²) < 4.78 is 2.46. The summed E-state index contributed by atoms with van der Waals surface area (Å²) >= 11 is 3.51. The number of hydrogen-bond acceptors (Lipinski definition) is 4. The maximum absolute atomic E-state index is 4.93. The lowest BCUT2D eigenvalue weighted by atomic mass is 9.86. The van der Waals surface area contributed by atoms with Crippen LogP contribution in [-0.2, 0) is 0 Å². The third-order valence-corrected chi connectivity index (χ3v) is 11.0. The average molecular weight is 625 g/mol. The van der Waals surface area contributed by atoms with E-state index < -0.39 is 0 Å². The minimum absolute atomic E-state index is 1.06. The molecule has 2 nitrogen and oxygen atoms in total. The molecule has 4 heteroatoms. The number of thiazole rings is 2. The van der Waals surface area contributed by atoms with Crippen LogP contribution >= 0.6 is 22.7 Å². The van der Waals surface area contributed by atoms with Gasteiger partial charge in [-0.25, -0.2) is 9.97 Å². The molecule has 0 aliphatic rings. The molecule has 0 N–H and O–H groups in total. The molecule has 0 radical (unpaired) electrons. The maximum Gasteiger partial charge on any atom is 0.124 e. The second-order valence-corrected chi connectivity index (χ2v) is 14.0. The summed E-state index contributed by atoms with van der Waals surface area (Å²) in [6.07, 6.45) is 0. The molecule has 0 saturated carbocycles. The Hall–Kier alpha value is -5.16. The van der Waals surface area contributed by atoms with Crippen molar-refractivity contribution >= 4 is 64.7 Å². The zero-order chi connectivity index (χ0) is 30.8. The molecule has 218 valence electrons. The monoisotopic (exact) mass is 624 g/mol. The third-order valence-electron chi connectivity index (χ3n) is 8.86. The maximum atomic E-state index is 4.93. The first kappa shape index (κ1) is 27.2. The minimum Gasteiger partial charge on any atom is -0.236 e. The summed E-state index contributed by atoms with van der Waals surface area (Å²) in [6, 6.07) is 48.5. The van der Waals surface area contributed by atoms with Crippen molar-refractivity contribution in [2.75, 3.05) is 0 Å². The van der Waals surface area contributed by atoms with Gasteiger partial charge in [-0.15, -0.1) is 22.7 Å². The molecule has 0 bridgehead atoms. The standard InChI is InChI=1S/C42H28N2S2/c1-25-11-21-35-37(23-25)45-41(43-35)29-17-13-27(14-18-29)39-31-7-3-5-9-33(31)40(34-10-6-4-8-32(34)39)28-15-19-30(20-16-28)42-44-36-22-12-26(2)24-38(36)46-42/h3-24H,1-2H3. The predicted molar refractivity (Wildman–Crippen MR) is 199 cm³/mol. The second-order valence-electron chi connectivity index (χ2n) is 12.0.